The van der Waals surface area contributed by atoms with Gasteiger partial charge >= 0.3 is 10.1 Å². The molecule has 0 saturated heterocycles. The lowest BCUT2D eigenvalue weighted by atomic mass is 10.1. The van der Waals surface area contributed by atoms with Gasteiger partial charge in [0.1, 0.15) is 4.90 Å². The van der Waals surface area contributed by atoms with Crippen LogP contribution in [0.25, 0.3) is 10.8 Å². The SMILES string of the molecule is O=[N+]([O-])c1ccc2c(S(=O)(=O)O)cccc2c1S(=O)(=O)O. The highest BCUT2D eigenvalue weighted by Crippen LogP contribution is 2.34. The Morgan fingerprint density at radius 2 is 1.52 bits per heavy atom. The highest BCUT2D eigenvalue weighted by molar-refractivity contribution is 7.86. The maximum Gasteiger partial charge on any atom is 0.302 e. The molecule has 2 aromatic carbocycles. The minimum atomic E-state index is -4.99. The maximum absolute atomic E-state index is 11.4. The van der Waals surface area contributed by atoms with Gasteiger partial charge in [0.05, 0.1) is 4.92 Å². The van der Waals surface area contributed by atoms with E-state index in [-0.39, 0.29) is 10.8 Å². The summed E-state index contributed by atoms with van der Waals surface area (Å²) in [6.07, 6.45) is 0. The molecule has 0 fully saturated rings. The van der Waals surface area contributed by atoms with Crippen molar-refractivity contribution in [3.05, 3.63) is 40.4 Å². The fourth-order valence-corrected chi connectivity index (χ4v) is 3.50. The van der Waals surface area contributed by atoms with Crippen molar-refractivity contribution in [2.24, 2.45) is 0 Å². The van der Waals surface area contributed by atoms with Crippen LogP contribution in [0.5, 0.6) is 0 Å². The molecular weight excluding hydrogens is 326 g/mol. The van der Waals surface area contributed by atoms with Gasteiger partial charge in [-0.2, -0.15) is 16.8 Å². The predicted molar refractivity (Wildman–Crippen MR) is 70.2 cm³/mol. The van der Waals surface area contributed by atoms with Crippen LogP contribution in [0.4, 0.5) is 5.69 Å². The molecule has 0 atom stereocenters. The number of rotatable bonds is 3. The standard InChI is InChI=1S/C10H7NO8S2/c12-11(13)8-5-4-6-7(10(8)21(17,18)19)2-1-3-9(6)20(14,15)16/h1-5H,(H,14,15,16)(H,17,18,19). The van der Waals surface area contributed by atoms with E-state index in [1.807, 2.05) is 0 Å². The highest BCUT2D eigenvalue weighted by Gasteiger charge is 2.28. The summed E-state index contributed by atoms with van der Waals surface area (Å²) >= 11 is 0. The summed E-state index contributed by atoms with van der Waals surface area (Å²) in [6, 6.07) is 4.88. The molecule has 0 bridgehead atoms. The molecule has 2 N–H and O–H groups in total. The first-order valence-electron chi connectivity index (χ1n) is 5.18. The van der Waals surface area contributed by atoms with Crippen molar-refractivity contribution in [3.8, 4) is 0 Å². The summed E-state index contributed by atoms with van der Waals surface area (Å²) in [5.41, 5.74) is -0.905. The van der Waals surface area contributed by atoms with Gasteiger partial charge in [0, 0.05) is 16.8 Å². The second-order valence-electron chi connectivity index (χ2n) is 3.97. The van der Waals surface area contributed by atoms with Crippen LogP contribution in [0.3, 0.4) is 0 Å². The summed E-state index contributed by atoms with van der Waals surface area (Å²) in [5, 5.41) is 10.2. The number of nitro groups is 1. The molecule has 0 aliphatic rings. The zero-order valence-corrected chi connectivity index (χ0v) is 11.6. The second kappa shape index (κ2) is 4.73. The lowest BCUT2D eigenvalue weighted by molar-refractivity contribution is -0.387. The molecular formula is C10H7NO8S2. The van der Waals surface area contributed by atoms with Crippen molar-refractivity contribution in [3.63, 3.8) is 0 Å². The number of hydrogen-bond donors (Lipinski definition) is 2. The topological polar surface area (TPSA) is 152 Å². The summed E-state index contributed by atoms with van der Waals surface area (Å²) in [4.78, 5) is 8.17. The zero-order valence-electron chi connectivity index (χ0n) is 9.99. The normalized spacial score (nSPS) is 12.5. The summed E-state index contributed by atoms with van der Waals surface area (Å²) in [5.74, 6) is 0. The fourth-order valence-electron chi connectivity index (χ4n) is 1.93. The van der Waals surface area contributed by atoms with Crippen molar-refractivity contribution in [1.82, 2.24) is 0 Å². The third-order valence-corrected chi connectivity index (χ3v) is 4.54. The molecule has 21 heavy (non-hydrogen) atoms. The molecule has 0 radical (unpaired) electrons. The highest BCUT2D eigenvalue weighted by atomic mass is 32.2. The van der Waals surface area contributed by atoms with Crippen molar-refractivity contribution in [1.29, 1.82) is 0 Å². The molecule has 0 saturated carbocycles. The average Bonchev–Trinajstić information content (AvgIpc) is 2.33. The van der Waals surface area contributed by atoms with E-state index in [0.717, 1.165) is 30.3 Å². The van der Waals surface area contributed by atoms with Gasteiger partial charge in [0.15, 0.2) is 4.90 Å². The number of hydrogen-bond acceptors (Lipinski definition) is 6. The monoisotopic (exact) mass is 333 g/mol. The molecule has 0 unspecified atom stereocenters. The smallest absolute Gasteiger partial charge is 0.282 e. The molecule has 0 spiro atoms. The van der Waals surface area contributed by atoms with Crippen LogP contribution in [-0.2, 0) is 20.2 Å². The van der Waals surface area contributed by atoms with Crippen molar-refractivity contribution >= 4 is 36.7 Å². The molecule has 0 aromatic heterocycles. The summed E-state index contributed by atoms with van der Waals surface area (Å²) in [7, 11) is -9.66. The van der Waals surface area contributed by atoms with Gasteiger partial charge in [-0.1, -0.05) is 12.1 Å². The first-order valence-corrected chi connectivity index (χ1v) is 8.06. The Morgan fingerprint density at radius 1 is 0.905 bits per heavy atom. The molecule has 2 aromatic rings. The van der Waals surface area contributed by atoms with Crippen LogP contribution in [0, 0.1) is 10.1 Å². The lowest BCUT2D eigenvalue weighted by Crippen LogP contribution is -2.06. The molecule has 112 valence electrons. The average molecular weight is 333 g/mol. The van der Waals surface area contributed by atoms with E-state index in [2.05, 4.69) is 0 Å². The van der Waals surface area contributed by atoms with Crippen molar-refractivity contribution < 1.29 is 30.9 Å². The number of benzene rings is 2. The first-order chi connectivity index (χ1) is 9.53. The molecule has 9 nitrogen and oxygen atoms in total. The molecule has 0 aliphatic heterocycles. The zero-order chi connectivity index (χ0) is 16.0. The van der Waals surface area contributed by atoms with Crippen LogP contribution in [0.1, 0.15) is 0 Å². The number of nitrogens with zero attached hydrogens (tertiary/aromatic N) is 1. The molecule has 0 amide bonds. The number of nitro benzene ring substituents is 1. The van der Waals surface area contributed by atoms with Crippen LogP contribution in [0.15, 0.2) is 40.1 Å². The minimum Gasteiger partial charge on any atom is -0.282 e. The van der Waals surface area contributed by atoms with Crippen LogP contribution in [-0.4, -0.2) is 30.9 Å². The van der Waals surface area contributed by atoms with Crippen molar-refractivity contribution in [2.75, 3.05) is 0 Å². The van der Waals surface area contributed by atoms with Gasteiger partial charge in [-0.15, -0.1) is 0 Å². The molecule has 0 aliphatic carbocycles. The second-order valence-corrected chi connectivity index (χ2v) is 6.72. The van der Waals surface area contributed by atoms with Gasteiger partial charge in [0.2, 0.25) is 0 Å². The van der Waals surface area contributed by atoms with Gasteiger partial charge < -0.3 is 0 Å². The van der Waals surface area contributed by atoms with E-state index >= 15 is 0 Å². The van der Waals surface area contributed by atoms with Gasteiger partial charge in [-0.05, 0) is 12.1 Å². The van der Waals surface area contributed by atoms with Crippen molar-refractivity contribution in [2.45, 2.75) is 9.79 Å². The van der Waals surface area contributed by atoms with E-state index in [4.69, 9.17) is 9.11 Å². The minimum absolute atomic E-state index is 0.266. The Bertz CT molecular complexity index is 962. The molecule has 0 heterocycles. The third-order valence-electron chi connectivity index (χ3n) is 2.68. The Kier molecular flexibility index (Phi) is 3.45. The molecule has 2 rings (SSSR count). The third kappa shape index (κ3) is 2.71. The van der Waals surface area contributed by atoms with Gasteiger partial charge in [0.25, 0.3) is 15.8 Å². The summed E-state index contributed by atoms with van der Waals surface area (Å²) in [6.45, 7) is 0. The Morgan fingerprint density at radius 3 is 2.00 bits per heavy atom. The fraction of sp³-hybridized carbons (Fsp3) is 0. The Balaban J connectivity index is 3.10. The van der Waals surface area contributed by atoms with E-state index in [9.17, 15) is 26.9 Å². The largest absolute Gasteiger partial charge is 0.302 e. The Hall–Kier alpha value is -2.08. The Labute approximate surface area is 118 Å². The first kappa shape index (κ1) is 15.3. The van der Waals surface area contributed by atoms with E-state index in [1.54, 1.807) is 0 Å². The van der Waals surface area contributed by atoms with E-state index in [1.165, 1.54) is 0 Å². The van der Waals surface area contributed by atoms with Gasteiger partial charge in [-0.25, -0.2) is 0 Å². The lowest BCUT2D eigenvalue weighted by Gasteiger charge is -2.07. The van der Waals surface area contributed by atoms with Crippen LogP contribution in [0.2, 0.25) is 0 Å². The predicted octanol–water partition coefficient (Wildman–Crippen LogP) is 1.24. The quantitative estimate of drug-likeness (QED) is 0.483. The maximum atomic E-state index is 11.4. The van der Waals surface area contributed by atoms with Crippen LogP contribution < -0.4 is 0 Å². The number of fused-ring (bicyclic) bond motifs is 1. The van der Waals surface area contributed by atoms with Crippen LogP contribution >= 0.6 is 0 Å². The van der Waals surface area contributed by atoms with Gasteiger partial charge in [-0.3, -0.25) is 19.2 Å². The summed E-state index contributed by atoms with van der Waals surface area (Å²) < 4.78 is 63.5. The molecule has 11 heteroatoms. The van der Waals surface area contributed by atoms with E-state index < -0.39 is 40.6 Å². The van der Waals surface area contributed by atoms with E-state index in [0.29, 0.717) is 0 Å².